The highest BCUT2D eigenvalue weighted by Crippen LogP contribution is 2.22. The third-order valence-electron chi connectivity index (χ3n) is 5.92. The van der Waals surface area contributed by atoms with E-state index in [0.717, 1.165) is 29.6 Å². The highest BCUT2D eigenvalue weighted by molar-refractivity contribution is 5.83. The molecule has 2 aromatic carbocycles. The van der Waals surface area contributed by atoms with Gasteiger partial charge in [0.1, 0.15) is 0 Å². The van der Waals surface area contributed by atoms with E-state index in [2.05, 4.69) is 42.6 Å². The molecular weight excluding hydrogens is 390 g/mol. The highest BCUT2D eigenvalue weighted by atomic mass is 16.7. The van der Waals surface area contributed by atoms with Gasteiger partial charge in [0.2, 0.25) is 0 Å². The van der Waals surface area contributed by atoms with Gasteiger partial charge in [-0.05, 0) is 31.4 Å². The van der Waals surface area contributed by atoms with Crippen molar-refractivity contribution in [1.29, 1.82) is 0 Å². The minimum atomic E-state index is -0.310. The second-order valence-electron chi connectivity index (χ2n) is 8.27. The number of rotatable bonds is 5. The van der Waals surface area contributed by atoms with Gasteiger partial charge in [0.15, 0.2) is 6.29 Å². The molecule has 0 bridgehead atoms. The van der Waals surface area contributed by atoms with Crippen molar-refractivity contribution >= 4 is 16.5 Å². The van der Waals surface area contributed by atoms with Crippen LogP contribution in [0.25, 0.3) is 16.5 Å². The summed E-state index contributed by atoms with van der Waals surface area (Å²) in [6.45, 7) is 3.99. The molecule has 3 aromatic rings. The highest BCUT2D eigenvalue weighted by Gasteiger charge is 2.22. The number of hydrogen-bond donors (Lipinski definition) is 1. The fourth-order valence-corrected chi connectivity index (χ4v) is 4.25. The lowest BCUT2D eigenvalue weighted by Crippen LogP contribution is -2.35. The zero-order chi connectivity index (χ0) is 21.2. The van der Waals surface area contributed by atoms with Crippen LogP contribution < -0.4 is 10.9 Å². The Morgan fingerprint density at radius 3 is 2.58 bits per heavy atom. The Kier molecular flexibility index (Phi) is 5.57. The average Bonchev–Trinajstić information content (AvgIpc) is 3.27. The molecule has 1 saturated heterocycles. The minimum Gasteiger partial charge on any atom is -0.380 e. The molecule has 0 radical (unpaired) electrons. The monoisotopic (exact) mass is 417 g/mol. The molecule has 1 atom stereocenters. The first-order valence-electron chi connectivity index (χ1n) is 10.9. The van der Waals surface area contributed by atoms with E-state index < -0.39 is 0 Å². The predicted molar refractivity (Wildman–Crippen MR) is 121 cm³/mol. The van der Waals surface area contributed by atoms with Gasteiger partial charge in [-0.2, -0.15) is 5.10 Å². The SMILES string of the molecule is Cc1ccc(C2=CCC(Cn3nc(CC4OCCCO4)c4ccccc4c3=O)N2)cc1. The summed E-state index contributed by atoms with van der Waals surface area (Å²) in [6.07, 6.45) is 4.19. The van der Waals surface area contributed by atoms with Crippen LogP contribution in [0.5, 0.6) is 0 Å². The van der Waals surface area contributed by atoms with Crippen LogP contribution in [0.3, 0.4) is 0 Å². The molecule has 1 fully saturated rings. The van der Waals surface area contributed by atoms with Crippen molar-refractivity contribution in [2.45, 2.75) is 45.1 Å². The molecule has 31 heavy (non-hydrogen) atoms. The van der Waals surface area contributed by atoms with Crippen molar-refractivity contribution in [2.24, 2.45) is 0 Å². The van der Waals surface area contributed by atoms with E-state index >= 15 is 0 Å². The summed E-state index contributed by atoms with van der Waals surface area (Å²) in [7, 11) is 0. The van der Waals surface area contributed by atoms with Gasteiger partial charge >= 0.3 is 0 Å². The van der Waals surface area contributed by atoms with Crippen LogP contribution in [0, 0.1) is 6.92 Å². The zero-order valence-corrected chi connectivity index (χ0v) is 17.7. The first-order valence-corrected chi connectivity index (χ1v) is 10.9. The van der Waals surface area contributed by atoms with Crippen LogP contribution in [-0.4, -0.2) is 35.3 Å². The first-order chi connectivity index (χ1) is 15.2. The average molecular weight is 418 g/mol. The molecule has 2 aliphatic rings. The summed E-state index contributed by atoms with van der Waals surface area (Å²) < 4.78 is 13.1. The number of nitrogens with one attached hydrogen (secondary N) is 1. The molecular formula is C25H27N3O3. The van der Waals surface area contributed by atoms with Crippen LogP contribution >= 0.6 is 0 Å². The number of aromatic nitrogens is 2. The van der Waals surface area contributed by atoms with Crippen LogP contribution in [0.2, 0.25) is 0 Å². The van der Waals surface area contributed by atoms with E-state index in [1.165, 1.54) is 11.1 Å². The molecule has 2 aliphatic heterocycles. The Hall–Kier alpha value is -2.96. The largest absolute Gasteiger partial charge is 0.380 e. The van der Waals surface area contributed by atoms with E-state index in [1.54, 1.807) is 4.68 Å². The number of fused-ring (bicyclic) bond motifs is 1. The first kappa shape index (κ1) is 20.0. The predicted octanol–water partition coefficient (Wildman–Crippen LogP) is 3.41. The van der Waals surface area contributed by atoms with Gasteiger partial charge in [-0.3, -0.25) is 4.79 Å². The molecule has 0 amide bonds. The van der Waals surface area contributed by atoms with Gasteiger partial charge in [-0.25, -0.2) is 4.68 Å². The Bertz CT molecular complexity index is 1160. The molecule has 3 heterocycles. The van der Waals surface area contributed by atoms with E-state index in [4.69, 9.17) is 14.6 Å². The summed E-state index contributed by atoms with van der Waals surface area (Å²) >= 11 is 0. The van der Waals surface area contributed by atoms with Gasteiger partial charge in [0, 0.05) is 23.5 Å². The standard InChI is InChI=1S/C25H27N3O3/c1-17-7-9-18(10-8-17)22-12-11-19(26-22)16-28-25(29)21-6-3-2-5-20(21)23(27-28)15-24-30-13-4-14-31-24/h2-3,5-10,12,19,24,26H,4,11,13-16H2,1H3. The lowest BCUT2D eigenvalue weighted by molar-refractivity contribution is -0.177. The van der Waals surface area contributed by atoms with Crippen molar-refractivity contribution in [1.82, 2.24) is 15.1 Å². The Labute approximate surface area is 181 Å². The van der Waals surface area contributed by atoms with E-state index in [9.17, 15) is 4.79 Å². The topological polar surface area (TPSA) is 65.4 Å². The maximum Gasteiger partial charge on any atom is 0.274 e. The normalized spacial score (nSPS) is 19.4. The quantitative estimate of drug-likeness (QED) is 0.689. The third-order valence-corrected chi connectivity index (χ3v) is 5.92. The number of ether oxygens (including phenoxy) is 2. The fraction of sp³-hybridized carbons (Fsp3) is 0.360. The van der Waals surface area contributed by atoms with Crippen molar-refractivity contribution in [3.63, 3.8) is 0 Å². The van der Waals surface area contributed by atoms with Crippen LogP contribution in [-0.2, 0) is 22.4 Å². The van der Waals surface area contributed by atoms with E-state index in [0.29, 0.717) is 31.6 Å². The second kappa shape index (κ2) is 8.65. The maximum absolute atomic E-state index is 13.1. The molecule has 6 heteroatoms. The molecule has 0 spiro atoms. The van der Waals surface area contributed by atoms with Crippen LogP contribution in [0.15, 0.2) is 59.4 Å². The molecule has 0 saturated carbocycles. The van der Waals surface area contributed by atoms with Crippen molar-refractivity contribution in [3.05, 3.63) is 81.8 Å². The van der Waals surface area contributed by atoms with Gasteiger partial charge in [-0.1, -0.05) is 54.1 Å². The summed E-state index contributed by atoms with van der Waals surface area (Å²) in [5, 5.41) is 9.87. The molecule has 1 unspecified atom stereocenters. The fourth-order valence-electron chi connectivity index (χ4n) is 4.25. The Balaban J connectivity index is 1.39. The summed E-state index contributed by atoms with van der Waals surface area (Å²) in [5.74, 6) is 0. The lowest BCUT2D eigenvalue weighted by atomic mass is 10.1. The third kappa shape index (κ3) is 4.27. The van der Waals surface area contributed by atoms with Crippen molar-refractivity contribution in [3.8, 4) is 0 Å². The smallest absolute Gasteiger partial charge is 0.274 e. The molecule has 1 N–H and O–H groups in total. The maximum atomic E-state index is 13.1. The van der Waals surface area contributed by atoms with Gasteiger partial charge in [-0.15, -0.1) is 0 Å². The van der Waals surface area contributed by atoms with Gasteiger partial charge in [0.25, 0.3) is 5.56 Å². The van der Waals surface area contributed by atoms with E-state index in [1.807, 2.05) is 24.3 Å². The summed E-state index contributed by atoms with van der Waals surface area (Å²) in [4.78, 5) is 13.1. The lowest BCUT2D eigenvalue weighted by Gasteiger charge is -2.24. The molecule has 160 valence electrons. The Morgan fingerprint density at radius 1 is 1.06 bits per heavy atom. The number of nitrogens with zero attached hydrogens (tertiary/aromatic N) is 2. The number of aryl methyl sites for hydroxylation is 1. The van der Waals surface area contributed by atoms with Crippen LogP contribution in [0.1, 0.15) is 29.7 Å². The van der Waals surface area contributed by atoms with Crippen molar-refractivity contribution < 1.29 is 9.47 Å². The Morgan fingerprint density at radius 2 is 1.81 bits per heavy atom. The van der Waals surface area contributed by atoms with Crippen LogP contribution in [0.4, 0.5) is 0 Å². The molecule has 6 nitrogen and oxygen atoms in total. The molecule has 5 rings (SSSR count). The van der Waals surface area contributed by atoms with E-state index in [-0.39, 0.29) is 17.9 Å². The second-order valence-corrected chi connectivity index (χ2v) is 8.27. The number of hydrogen-bond acceptors (Lipinski definition) is 5. The summed E-state index contributed by atoms with van der Waals surface area (Å²) in [5.41, 5.74) is 4.30. The summed E-state index contributed by atoms with van der Waals surface area (Å²) in [6, 6.07) is 16.3. The van der Waals surface area contributed by atoms with Gasteiger partial charge < -0.3 is 14.8 Å². The minimum absolute atomic E-state index is 0.0598. The molecule has 1 aromatic heterocycles. The number of benzene rings is 2. The van der Waals surface area contributed by atoms with Gasteiger partial charge in [0.05, 0.1) is 30.8 Å². The molecule has 0 aliphatic carbocycles. The zero-order valence-electron chi connectivity index (χ0n) is 17.7. The van der Waals surface area contributed by atoms with Crippen molar-refractivity contribution in [2.75, 3.05) is 13.2 Å².